The van der Waals surface area contributed by atoms with Gasteiger partial charge in [0.15, 0.2) is 13.2 Å². The van der Waals surface area contributed by atoms with Gasteiger partial charge in [-0.25, -0.2) is 0 Å². The molecule has 0 saturated heterocycles. The summed E-state index contributed by atoms with van der Waals surface area (Å²) in [7, 11) is 1.88. The van der Waals surface area contributed by atoms with Gasteiger partial charge < -0.3 is 0 Å². The highest BCUT2D eigenvalue weighted by Gasteiger charge is 2.13. The molecule has 4 nitrogen and oxygen atoms in total. The summed E-state index contributed by atoms with van der Waals surface area (Å²) in [4.78, 5) is 8.81. The van der Waals surface area contributed by atoms with Gasteiger partial charge in [0.2, 0.25) is 0 Å². The molecule has 0 bridgehead atoms. The minimum absolute atomic E-state index is 0.182. The fourth-order valence-corrected chi connectivity index (χ4v) is 1.33. The van der Waals surface area contributed by atoms with E-state index in [9.17, 15) is 0 Å². The van der Waals surface area contributed by atoms with Crippen molar-refractivity contribution in [2.45, 2.75) is 19.4 Å². The first-order valence-electron chi connectivity index (χ1n) is 5.20. The molecule has 0 atom stereocenters. The maximum Gasteiger partial charge on any atom is 0.196 e. The van der Waals surface area contributed by atoms with Gasteiger partial charge in [-0.05, 0) is 25.0 Å². The number of hydrogen-bond acceptors (Lipinski definition) is 3. The normalized spacial score (nSPS) is 18.1. The van der Waals surface area contributed by atoms with Gasteiger partial charge in [0.05, 0.1) is 11.3 Å². The third-order valence-corrected chi connectivity index (χ3v) is 2.36. The third-order valence-electron chi connectivity index (χ3n) is 2.36. The van der Waals surface area contributed by atoms with Crippen molar-refractivity contribution < 1.29 is 4.68 Å². The molecule has 0 aromatic carbocycles. The van der Waals surface area contributed by atoms with E-state index in [1.54, 1.807) is 23.3 Å². The highest BCUT2D eigenvalue weighted by molar-refractivity contribution is 6.38. The lowest BCUT2D eigenvalue weighted by Crippen LogP contribution is -2.32. The molecule has 0 N–H and O–H groups in total. The zero-order valence-electron chi connectivity index (χ0n) is 9.75. The molecule has 1 aromatic heterocycles. The Kier molecular flexibility index (Phi) is 2.64. The second-order valence-corrected chi connectivity index (χ2v) is 4.33. The fraction of sp³-hybridized carbons (Fsp3) is 0.333. The summed E-state index contributed by atoms with van der Waals surface area (Å²) < 4.78 is 1.75. The van der Waals surface area contributed by atoms with Gasteiger partial charge in [-0.3, -0.25) is 9.98 Å². The average molecular weight is 215 g/mol. The molecular formula is C12H15N4+. The molecule has 0 spiro atoms. The maximum absolute atomic E-state index is 4.46. The zero-order chi connectivity index (χ0) is 11.6. The van der Waals surface area contributed by atoms with Crippen LogP contribution < -0.4 is 4.68 Å². The largest absolute Gasteiger partial charge is 0.281 e. The lowest BCUT2D eigenvalue weighted by molar-refractivity contribution is -0.730. The van der Waals surface area contributed by atoms with Crippen LogP contribution in [0.3, 0.4) is 0 Å². The van der Waals surface area contributed by atoms with Crippen molar-refractivity contribution in [3.63, 3.8) is 0 Å². The number of aliphatic imine (C=N–C) groups is 2. The van der Waals surface area contributed by atoms with Crippen LogP contribution in [0.4, 0.5) is 0 Å². The van der Waals surface area contributed by atoms with Crippen LogP contribution >= 0.6 is 0 Å². The Labute approximate surface area is 95.1 Å². The molecule has 1 aliphatic rings. The molecule has 1 aliphatic heterocycles. The van der Waals surface area contributed by atoms with Crippen molar-refractivity contribution in [2.24, 2.45) is 17.0 Å². The number of aryl methyl sites for hydroxylation is 1. The molecule has 0 amide bonds. The Morgan fingerprint density at radius 2 is 2.12 bits per heavy atom. The average Bonchev–Trinajstić information content (AvgIpc) is 2.41. The third kappa shape index (κ3) is 2.39. The Bertz CT molecular complexity index is 466. The molecule has 0 saturated carbocycles. The van der Waals surface area contributed by atoms with Gasteiger partial charge in [0.1, 0.15) is 6.20 Å². The second-order valence-electron chi connectivity index (χ2n) is 4.33. The van der Waals surface area contributed by atoms with E-state index in [0.29, 0.717) is 0 Å². The highest BCUT2D eigenvalue weighted by atomic mass is 15.2. The summed E-state index contributed by atoms with van der Waals surface area (Å²) in [5, 5.41) is 4.17. The zero-order valence-corrected chi connectivity index (χ0v) is 9.75. The maximum atomic E-state index is 4.46. The van der Waals surface area contributed by atoms with E-state index < -0.39 is 0 Å². The summed E-state index contributed by atoms with van der Waals surface area (Å²) in [6.45, 7) is 4.09. The summed E-state index contributed by atoms with van der Waals surface area (Å²) in [5.41, 5.74) is 1.64. The Morgan fingerprint density at radius 3 is 2.81 bits per heavy atom. The molecular weight excluding hydrogens is 200 g/mol. The van der Waals surface area contributed by atoms with Crippen molar-refractivity contribution in [3.8, 4) is 0 Å². The lowest BCUT2D eigenvalue weighted by atomic mass is 10.1. The van der Waals surface area contributed by atoms with Crippen LogP contribution in [0.5, 0.6) is 0 Å². The standard InChI is InChI=1S/C12H15N4/c1-12(2)5-6-13-11(9-14-12)10-4-7-16(3)15-8-10/h4-9H,1-3H3/q+1. The molecule has 2 rings (SSSR count). The molecule has 4 heteroatoms. The van der Waals surface area contributed by atoms with Crippen molar-refractivity contribution in [1.82, 2.24) is 5.10 Å². The van der Waals surface area contributed by atoms with Crippen LogP contribution in [-0.4, -0.2) is 22.6 Å². The topological polar surface area (TPSA) is 41.5 Å². The minimum Gasteiger partial charge on any atom is -0.281 e. The first-order chi connectivity index (χ1) is 7.57. The van der Waals surface area contributed by atoms with Crippen LogP contribution in [0.2, 0.25) is 0 Å². The Balaban J connectivity index is 2.33. The van der Waals surface area contributed by atoms with Crippen LogP contribution in [0.15, 0.2) is 40.7 Å². The van der Waals surface area contributed by atoms with Gasteiger partial charge in [-0.1, -0.05) is 4.68 Å². The monoisotopic (exact) mass is 215 g/mol. The first kappa shape index (κ1) is 10.7. The Hall–Kier alpha value is -1.84. The molecule has 0 aliphatic carbocycles. The van der Waals surface area contributed by atoms with Crippen molar-refractivity contribution in [1.29, 1.82) is 0 Å². The molecule has 1 aromatic rings. The second kappa shape index (κ2) is 3.96. The van der Waals surface area contributed by atoms with Gasteiger partial charge in [0, 0.05) is 24.0 Å². The molecule has 0 radical (unpaired) electrons. The first-order valence-corrected chi connectivity index (χ1v) is 5.20. The van der Waals surface area contributed by atoms with E-state index in [1.165, 1.54) is 0 Å². The molecule has 2 heterocycles. The predicted octanol–water partition coefficient (Wildman–Crippen LogP) is 1.07. The molecule has 0 unspecified atom stereocenters. The summed E-state index contributed by atoms with van der Waals surface area (Å²) >= 11 is 0. The summed E-state index contributed by atoms with van der Waals surface area (Å²) in [6.07, 6.45) is 9.27. The number of nitrogens with zero attached hydrogens (tertiary/aromatic N) is 4. The molecule has 16 heavy (non-hydrogen) atoms. The van der Waals surface area contributed by atoms with E-state index in [4.69, 9.17) is 0 Å². The fourth-order valence-electron chi connectivity index (χ4n) is 1.33. The quantitative estimate of drug-likeness (QED) is 0.646. The van der Waals surface area contributed by atoms with E-state index >= 15 is 0 Å². The van der Waals surface area contributed by atoms with Crippen molar-refractivity contribution in [2.75, 3.05) is 0 Å². The summed E-state index contributed by atoms with van der Waals surface area (Å²) in [6, 6.07) is 1.98. The number of rotatable bonds is 1. The highest BCUT2D eigenvalue weighted by Crippen LogP contribution is 2.13. The predicted molar refractivity (Wildman–Crippen MR) is 63.7 cm³/mol. The van der Waals surface area contributed by atoms with Crippen molar-refractivity contribution >= 4 is 11.9 Å². The SMILES string of the molecule is C[n+]1ccc(C2=NC=CC(C)(C)N=C2)cn1. The minimum atomic E-state index is -0.182. The summed E-state index contributed by atoms with van der Waals surface area (Å²) in [5.74, 6) is 0. The van der Waals surface area contributed by atoms with Crippen LogP contribution in [0.25, 0.3) is 0 Å². The van der Waals surface area contributed by atoms with Gasteiger partial charge in [-0.2, -0.15) is 0 Å². The van der Waals surface area contributed by atoms with E-state index in [1.807, 2.05) is 39.2 Å². The van der Waals surface area contributed by atoms with Crippen LogP contribution in [0.1, 0.15) is 19.4 Å². The van der Waals surface area contributed by atoms with E-state index in [2.05, 4.69) is 15.1 Å². The Morgan fingerprint density at radius 1 is 1.31 bits per heavy atom. The van der Waals surface area contributed by atoms with Crippen molar-refractivity contribution in [3.05, 3.63) is 36.3 Å². The van der Waals surface area contributed by atoms with Gasteiger partial charge in [0.25, 0.3) is 0 Å². The smallest absolute Gasteiger partial charge is 0.196 e. The van der Waals surface area contributed by atoms with Gasteiger partial charge in [-0.15, -0.1) is 0 Å². The molecule has 0 fully saturated rings. The van der Waals surface area contributed by atoms with Crippen LogP contribution in [0, 0.1) is 0 Å². The van der Waals surface area contributed by atoms with E-state index in [0.717, 1.165) is 11.3 Å². The lowest BCUT2D eigenvalue weighted by Gasteiger charge is -2.11. The number of hydrogen-bond donors (Lipinski definition) is 0. The molecule has 82 valence electrons. The van der Waals surface area contributed by atoms with Gasteiger partial charge >= 0.3 is 0 Å². The van der Waals surface area contributed by atoms with E-state index in [-0.39, 0.29) is 5.54 Å². The van der Waals surface area contributed by atoms with Crippen LogP contribution in [-0.2, 0) is 7.05 Å². The number of aromatic nitrogens is 2.